The second-order valence-corrected chi connectivity index (χ2v) is 9.30. The standard InChI is InChI=1S/C24H21N3O9S/c1-15-7-9-17(12-18(15)27(29)30)37(31,32)36-21-10-8-16(11-22(21)33-2)13-25-26-24(28)23-14-34-19-5-3-4-6-20(19)35-23/h3-13,23H,14H2,1-2H3,(H,26,28)/b25-13-/t23-/m1/s1. The third-order valence-corrected chi connectivity index (χ3v) is 6.47. The summed E-state index contributed by atoms with van der Waals surface area (Å²) in [6.07, 6.45) is 0.430. The van der Waals surface area contributed by atoms with Crippen LogP contribution in [0, 0.1) is 17.0 Å². The zero-order chi connectivity index (χ0) is 26.6. The summed E-state index contributed by atoms with van der Waals surface area (Å²) in [5.74, 6) is 0.399. The second-order valence-electron chi connectivity index (χ2n) is 7.75. The van der Waals surface area contributed by atoms with Crippen LogP contribution in [-0.2, 0) is 14.9 Å². The lowest BCUT2D eigenvalue weighted by Gasteiger charge is -2.24. The summed E-state index contributed by atoms with van der Waals surface area (Å²) in [6, 6.07) is 14.7. The van der Waals surface area contributed by atoms with Crippen LogP contribution in [0.25, 0.3) is 0 Å². The molecule has 0 radical (unpaired) electrons. The molecule has 13 heteroatoms. The average molecular weight is 528 g/mol. The van der Waals surface area contributed by atoms with Gasteiger partial charge in [-0.3, -0.25) is 14.9 Å². The molecule has 3 aromatic rings. The molecule has 1 heterocycles. The fraction of sp³-hybridized carbons (Fsp3) is 0.167. The Morgan fingerprint density at radius 1 is 1.14 bits per heavy atom. The number of nitro groups is 1. The zero-order valence-electron chi connectivity index (χ0n) is 19.6. The van der Waals surface area contributed by atoms with Gasteiger partial charge in [-0.2, -0.15) is 13.5 Å². The number of aryl methyl sites for hydroxylation is 1. The van der Waals surface area contributed by atoms with E-state index in [1.54, 1.807) is 24.3 Å². The van der Waals surface area contributed by atoms with E-state index in [2.05, 4.69) is 10.5 Å². The normalized spacial score (nSPS) is 14.7. The lowest BCUT2D eigenvalue weighted by Crippen LogP contribution is -2.42. The smallest absolute Gasteiger partial charge is 0.339 e. The number of hydrazone groups is 1. The predicted octanol–water partition coefficient (Wildman–Crippen LogP) is 2.97. The lowest BCUT2D eigenvalue weighted by atomic mass is 10.2. The van der Waals surface area contributed by atoms with Crippen molar-refractivity contribution in [1.29, 1.82) is 0 Å². The highest BCUT2D eigenvalue weighted by Crippen LogP contribution is 2.32. The van der Waals surface area contributed by atoms with Gasteiger partial charge in [0.2, 0.25) is 6.10 Å². The van der Waals surface area contributed by atoms with E-state index in [-0.39, 0.29) is 28.7 Å². The largest absolute Gasteiger partial charge is 0.493 e. The van der Waals surface area contributed by atoms with Crippen LogP contribution in [0.2, 0.25) is 0 Å². The number of carbonyl (C=O) groups excluding carboxylic acids is 1. The number of ether oxygens (including phenoxy) is 3. The molecule has 0 unspecified atom stereocenters. The third-order valence-electron chi connectivity index (χ3n) is 5.24. The summed E-state index contributed by atoms with van der Waals surface area (Å²) in [4.78, 5) is 22.5. The summed E-state index contributed by atoms with van der Waals surface area (Å²) in [6.45, 7) is 1.52. The van der Waals surface area contributed by atoms with Gasteiger partial charge in [0.1, 0.15) is 11.5 Å². The number of para-hydroxylation sites is 2. The Labute approximate surface area is 211 Å². The van der Waals surface area contributed by atoms with Crippen LogP contribution in [0.15, 0.2) is 70.7 Å². The highest BCUT2D eigenvalue weighted by atomic mass is 32.2. The predicted molar refractivity (Wildman–Crippen MR) is 131 cm³/mol. The van der Waals surface area contributed by atoms with Crippen molar-refractivity contribution in [2.24, 2.45) is 5.10 Å². The van der Waals surface area contributed by atoms with Crippen molar-refractivity contribution in [2.75, 3.05) is 13.7 Å². The molecule has 1 atom stereocenters. The van der Waals surface area contributed by atoms with Crippen LogP contribution in [0.1, 0.15) is 11.1 Å². The van der Waals surface area contributed by atoms with Gasteiger partial charge in [-0.1, -0.05) is 18.2 Å². The van der Waals surface area contributed by atoms with E-state index >= 15 is 0 Å². The third kappa shape index (κ3) is 5.78. The number of hydrogen-bond acceptors (Lipinski definition) is 10. The molecule has 192 valence electrons. The summed E-state index contributed by atoms with van der Waals surface area (Å²) < 4.78 is 47.0. The van der Waals surface area contributed by atoms with Gasteiger partial charge >= 0.3 is 10.1 Å². The molecule has 0 bridgehead atoms. The van der Waals surface area contributed by atoms with Crippen molar-refractivity contribution in [3.8, 4) is 23.0 Å². The molecule has 0 saturated heterocycles. The van der Waals surface area contributed by atoms with Gasteiger partial charge in [-0.25, -0.2) is 5.43 Å². The number of carbonyl (C=O) groups is 1. The van der Waals surface area contributed by atoms with Crippen molar-refractivity contribution >= 4 is 27.9 Å². The topological polar surface area (TPSA) is 156 Å². The summed E-state index contributed by atoms with van der Waals surface area (Å²) in [5, 5.41) is 15.1. The van der Waals surface area contributed by atoms with Crippen LogP contribution < -0.4 is 23.8 Å². The Kier molecular flexibility index (Phi) is 7.25. The van der Waals surface area contributed by atoms with E-state index in [1.165, 1.54) is 50.6 Å². The van der Waals surface area contributed by atoms with Gasteiger partial charge in [0, 0.05) is 11.6 Å². The van der Waals surface area contributed by atoms with E-state index in [0.717, 1.165) is 6.07 Å². The Balaban J connectivity index is 1.43. The maximum absolute atomic E-state index is 12.7. The van der Waals surface area contributed by atoms with Crippen LogP contribution in [0.4, 0.5) is 5.69 Å². The minimum absolute atomic E-state index is 0.0246. The van der Waals surface area contributed by atoms with Crippen LogP contribution in [0.5, 0.6) is 23.0 Å². The van der Waals surface area contributed by atoms with Crippen molar-refractivity contribution < 1.29 is 36.5 Å². The van der Waals surface area contributed by atoms with Gasteiger partial charge in [0.15, 0.2) is 23.0 Å². The molecule has 0 aliphatic carbocycles. The van der Waals surface area contributed by atoms with E-state index < -0.39 is 27.1 Å². The molecule has 37 heavy (non-hydrogen) atoms. The SMILES string of the molecule is COc1cc(/C=N\NC(=O)[C@H]2COc3ccccc3O2)ccc1OS(=O)(=O)c1ccc(C)c([N+](=O)[O-])c1. The number of nitrogens with one attached hydrogen (secondary N) is 1. The van der Waals surface area contributed by atoms with E-state index in [1.807, 2.05) is 0 Å². The minimum Gasteiger partial charge on any atom is -0.493 e. The van der Waals surface area contributed by atoms with Crippen molar-refractivity contribution in [3.63, 3.8) is 0 Å². The summed E-state index contributed by atoms with van der Waals surface area (Å²) in [7, 11) is -3.08. The number of rotatable bonds is 8. The molecule has 3 aromatic carbocycles. The Hall–Kier alpha value is -4.65. The molecule has 1 aliphatic rings. The van der Waals surface area contributed by atoms with Gasteiger partial charge in [-0.15, -0.1) is 0 Å². The van der Waals surface area contributed by atoms with Crippen molar-refractivity contribution in [1.82, 2.24) is 5.43 Å². The van der Waals surface area contributed by atoms with Crippen LogP contribution in [0.3, 0.4) is 0 Å². The van der Waals surface area contributed by atoms with E-state index in [9.17, 15) is 23.3 Å². The molecular formula is C24H21N3O9S. The first-order valence-corrected chi connectivity index (χ1v) is 12.2. The number of methoxy groups -OCH3 is 1. The fourth-order valence-corrected chi connectivity index (χ4v) is 4.29. The second kappa shape index (κ2) is 10.5. The Morgan fingerprint density at radius 3 is 2.62 bits per heavy atom. The molecule has 0 spiro atoms. The maximum Gasteiger partial charge on any atom is 0.339 e. The molecule has 1 amide bonds. The highest BCUT2D eigenvalue weighted by molar-refractivity contribution is 7.87. The number of nitro benzene ring substituents is 1. The first-order valence-electron chi connectivity index (χ1n) is 10.8. The first kappa shape index (κ1) is 25.4. The van der Waals surface area contributed by atoms with Crippen molar-refractivity contribution in [2.45, 2.75) is 17.9 Å². The summed E-state index contributed by atoms with van der Waals surface area (Å²) in [5.41, 5.74) is 2.78. The fourth-order valence-electron chi connectivity index (χ4n) is 3.33. The van der Waals surface area contributed by atoms with E-state index in [4.69, 9.17) is 18.4 Å². The molecule has 4 rings (SSSR count). The molecule has 0 saturated carbocycles. The zero-order valence-corrected chi connectivity index (χ0v) is 20.4. The monoisotopic (exact) mass is 527 g/mol. The van der Waals surface area contributed by atoms with Crippen LogP contribution in [-0.4, -0.2) is 45.3 Å². The minimum atomic E-state index is -4.39. The number of hydrogen-bond donors (Lipinski definition) is 1. The molecular weight excluding hydrogens is 506 g/mol. The first-order chi connectivity index (χ1) is 17.7. The van der Waals surface area contributed by atoms with Crippen molar-refractivity contribution in [3.05, 3.63) is 81.9 Å². The molecule has 0 fully saturated rings. The quantitative estimate of drug-likeness (QED) is 0.201. The summed E-state index contributed by atoms with van der Waals surface area (Å²) >= 11 is 0. The number of amides is 1. The van der Waals surface area contributed by atoms with Gasteiger partial charge in [0.25, 0.3) is 11.6 Å². The molecule has 1 aliphatic heterocycles. The lowest BCUT2D eigenvalue weighted by molar-refractivity contribution is -0.385. The Bertz CT molecular complexity index is 1490. The number of nitrogens with zero attached hydrogens (tertiary/aromatic N) is 2. The van der Waals surface area contributed by atoms with E-state index in [0.29, 0.717) is 22.6 Å². The van der Waals surface area contributed by atoms with Gasteiger partial charge in [0.05, 0.1) is 18.2 Å². The highest BCUT2D eigenvalue weighted by Gasteiger charge is 2.27. The molecule has 1 N–H and O–H groups in total. The molecule has 12 nitrogen and oxygen atoms in total. The average Bonchev–Trinajstić information content (AvgIpc) is 2.88. The van der Waals surface area contributed by atoms with Gasteiger partial charge in [-0.05, 0) is 48.9 Å². The number of fused-ring (bicyclic) bond motifs is 1. The number of benzene rings is 3. The van der Waals surface area contributed by atoms with Crippen LogP contribution >= 0.6 is 0 Å². The van der Waals surface area contributed by atoms with Gasteiger partial charge < -0.3 is 18.4 Å². The molecule has 0 aromatic heterocycles. The Morgan fingerprint density at radius 2 is 1.89 bits per heavy atom. The maximum atomic E-state index is 12.7.